The molecule has 1 heterocycles. The molecule has 0 aromatic heterocycles. The number of carbonyl (C=O) groups is 2. The summed E-state index contributed by atoms with van der Waals surface area (Å²) in [6.45, 7) is 4.45. The predicted octanol–water partition coefficient (Wildman–Crippen LogP) is 0.777. The molecule has 116 valence electrons. The first-order valence-corrected chi connectivity index (χ1v) is 7.38. The van der Waals surface area contributed by atoms with E-state index in [1.54, 1.807) is 0 Å². The van der Waals surface area contributed by atoms with E-state index in [4.69, 9.17) is 9.47 Å². The maximum absolute atomic E-state index is 12.4. The molecule has 5 atom stereocenters. The number of rotatable bonds is 4. The third-order valence-corrected chi connectivity index (χ3v) is 4.62. The monoisotopic (exact) mass is 295 g/mol. The number of carbonyl (C=O) groups excluding carboxylic acids is 1. The van der Waals surface area contributed by atoms with E-state index in [0.29, 0.717) is 13.2 Å². The largest absolute Gasteiger partial charge is 0.481 e. The number of hydrogen-bond acceptors (Lipinski definition) is 4. The van der Waals surface area contributed by atoms with Gasteiger partial charge in [-0.25, -0.2) is 0 Å². The van der Waals surface area contributed by atoms with E-state index in [0.717, 1.165) is 6.42 Å². The highest BCUT2D eigenvalue weighted by atomic mass is 16.7. The summed E-state index contributed by atoms with van der Waals surface area (Å²) in [5, 5.41) is 12.2. The Morgan fingerprint density at radius 3 is 2.52 bits per heavy atom. The normalized spacial score (nSPS) is 39.6. The Bertz CT molecular complexity index is 486. The molecule has 21 heavy (non-hydrogen) atoms. The molecule has 1 amide bonds. The second-order valence-corrected chi connectivity index (χ2v) is 6.53. The van der Waals surface area contributed by atoms with E-state index in [1.807, 2.05) is 26.0 Å². The lowest BCUT2D eigenvalue weighted by molar-refractivity contribution is -0.148. The number of ether oxygens (including phenoxy) is 2. The van der Waals surface area contributed by atoms with Crippen molar-refractivity contribution in [1.29, 1.82) is 0 Å². The van der Waals surface area contributed by atoms with Gasteiger partial charge in [0.2, 0.25) is 5.91 Å². The Hall–Kier alpha value is -1.40. The zero-order valence-corrected chi connectivity index (χ0v) is 12.2. The summed E-state index contributed by atoms with van der Waals surface area (Å²) in [4.78, 5) is 23.8. The number of amides is 1. The number of carboxylic acid groups (broad SMARTS) is 1. The van der Waals surface area contributed by atoms with Crippen molar-refractivity contribution in [2.45, 2.75) is 32.2 Å². The van der Waals surface area contributed by atoms with Crippen LogP contribution in [0.25, 0.3) is 0 Å². The zero-order valence-electron chi connectivity index (χ0n) is 12.2. The van der Waals surface area contributed by atoms with Crippen molar-refractivity contribution in [3.63, 3.8) is 0 Å². The van der Waals surface area contributed by atoms with Crippen LogP contribution in [0.15, 0.2) is 12.2 Å². The first kappa shape index (κ1) is 14.5. The van der Waals surface area contributed by atoms with E-state index in [9.17, 15) is 14.7 Å². The van der Waals surface area contributed by atoms with Crippen LogP contribution in [0.4, 0.5) is 0 Å². The molecule has 0 spiro atoms. The fourth-order valence-corrected chi connectivity index (χ4v) is 3.71. The summed E-state index contributed by atoms with van der Waals surface area (Å²) in [7, 11) is 0. The van der Waals surface area contributed by atoms with Gasteiger partial charge in [0.05, 0.1) is 18.4 Å². The van der Waals surface area contributed by atoms with Gasteiger partial charge in [-0.2, -0.15) is 0 Å². The van der Waals surface area contributed by atoms with Crippen molar-refractivity contribution in [2.24, 2.45) is 23.7 Å². The summed E-state index contributed by atoms with van der Waals surface area (Å²) in [6, 6.07) is 0. The first-order valence-electron chi connectivity index (χ1n) is 7.38. The maximum atomic E-state index is 12.4. The SMILES string of the molecule is CC1(C)OCC(CNC(=O)C2C3C=CC(C3)C2C(=O)O)O1. The molecular weight excluding hydrogens is 274 g/mol. The van der Waals surface area contributed by atoms with E-state index < -0.39 is 23.6 Å². The number of aliphatic carboxylic acids is 1. The van der Waals surface area contributed by atoms with E-state index in [2.05, 4.69) is 5.32 Å². The average molecular weight is 295 g/mol. The second kappa shape index (κ2) is 5.10. The maximum Gasteiger partial charge on any atom is 0.307 e. The van der Waals surface area contributed by atoms with Crippen molar-refractivity contribution >= 4 is 11.9 Å². The lowest BCUT2D eigenvalue weighted by Crippen LogP contribution is -2.43. The molecule has 6 nitrogen and oxygen atoms in total. The molecule has 1 aliphatic heterocycles. The minimum atomic E-state index is -0.881. The molecule has 1 saturated heterocycles. The van der Waals surface area contributed by atoms with E-state index >= 15 is 0 Å². The van der Waals surface area contributed by atoms with Gasteiger partial charge in [0.15, 0.2) is 5.79 Å². The molecule has 2 N–H and O–H groups in total. The summed E-state index contributed by atoms with van der Waals surface area (Å²) >= 11 is 0. The number of fused-ring (bicyclic) bond motifs is 2. The molecule has 3 rings (SSSR count). The van der Waals surface area contributed by atoms with Gasteiger partial charge in [0.1, 0.15) is 6.10 Å². The molecule has 2 bridgehead atoms. The van der Waals surface area contributed by atoms with Crippen LogP contribution in [0.5, 0.6) is 0 Å². The van der Waals surface area contributed by atoms with Crippen molar-refractivity contribution in [3.05, 3.63) is 12.2 Å². The molecular formula is C15H21NO5. The lowest BCUT2D eigenvalue weighted by Gasteiger charge is -2.24. The van der Waals surface area contributed by atoms with Gasteiger partial charge in [-0.3, -0.25) is 9.59 Å². The van der Waals surface area contributed by atoms with E-state index in [1.165, 1.54) is 0 Å². The van der Waals surface area contributed by atoms with Gasteiger partial charge in [-0.15, -0.1) is 0 Å². The van der Waals surface area contributed by atoms with Crippen molar-refractivity contribution < 1.29 is 24.2 Å². The molecule has 0 aromatic rings. The van der Waals surface area contributed by atoms with Crippen LogP contribution in [0.1, 0.15) is 20.3 Å². The number of carboxylic acids is 1. The quantitative estimate of drug-likeness (QED) is 0.749. The van der Waals surface area contributed by atoms with Crippen LogP contribution in [0, 0.1) is 23.7 Å². The van der Waals surface area contributed by atoms with Gasteiger partial charge in [-0.1, -0.05) is 12.2 Å². The van der Waals surface area contributed by atoms with Crippen LogP contribution >= 0.6 is 0 Å². The highest BCUT2D eigenvalue weighted by molar-refractivity contribution is 5.86. The summed E-state index contributed by atoms with van der Waals surface area (Å²) in [5.41, 5.74) is 0. The smallest absolute Gasteiger partial charge is 0.307 e. The molecule has 6 heteroatoms. The molecule has 3 aliphatic rings. The van der Waals surface area contributed by atoms with E-state index in [-0.39, 0.29) is 23.8 Å². The number of hydrogen-bond donors (Lipinski definition) is 2. The Morgan fingerprint density at radius 2 is 1.95 bits per heavy atom. The van der Waals surface area contributed by atoms with Gasteiger partial charge in [0.25, 0.3) is 0 Å². The van der Waals surface area contributed by atoms with Crippen molar-refractivity contribution in [2.75, 3.05) is 13.2 Å². The van der Waals surface area contributed by atoms with Gasteiger partial charge < -0.3 is 19.9 Å². The number of nitrogens with one attached hydrogen (secondary N) is 1. The van der Waals surface area contributed by atoms with Crippen molar-refractivity contribution in [1.82, 2.24) is 5.32 Å². The van der Waals surface area contributed by atoms with Gasteiger partial charge in [-0.05, 0) is 32.1 Å². The average Bonchev–Trinajstić information content (AvgIpc) is 3.08. The molecule has 0 aromatic carbocycles. The Morgan fingerprint density at radius 1 is 1.29 bits per heavy atom. The van der Waals surface area contributed by atoms with Crippen LogP contribution < -0.4 is 5.32 Å². The number of allylic oxidation sites excluding steroid dienone is 2. The Kier molecular flexibility index (Phi) is 3.53. The highest BCUT2D eigenvalue weighted by Crippen LogP contribution is 2.48. The minimum absolute atomic E-state index is 0.00625. The van der Waals surface area contributed by atoms with Gasteiger partial charge >= 0.3 is 5.97 Å². The third kappa shape index (κ3) is 2.70. The van der Waals surface area contributed by atoms with Crippen molar-refractivity contribution in [3.8, 4) is 0 Å². The topological polar surface area (TPSA) is 84.9 Å². The molecule has 2 aliphatic carbocycles. The highest BCUT2D eigenvalue weighted by Gasteiger charge is 2.51. The third-order valence-electron chi connectivity index (χ3n) is 4.62. The van der Waals surface area contributed by atoms with Gasteiger partial charge in [0, 0.05) is 6.54 Å². The zero-order chi connectivity index (χ0) is 15.2. The Labute approximate surface area is 123 Å². The lowest BCUT2D eigenvalue weighted by atomic mass is 9.82. The Balaban J connectivity index is 1.58. The standard InChI is InChI=1S/C15H21NO5/c1-15(2)20-7-10(21-15)6-16-13(17)11-8-3-4-9(5-8)12(11)14(18)19/h3-4,8-12H,5-7H2,1-2H3,(H,16,17)(H,18,19). The van der Waals surface area contributed by atoms with Crippen LogP contribution in [-0.4, -0.2) is 42.0 Å². The van der Waals surface area contributed by atoms with Crippen LogP contribution in [0.2, 0.25) is 0 Å². The fraction of sp³-hybridized carbons (Fsp3) is 0.733. The molecule has 5 unspecified atom stereocenters. The van der Waals surface area contributed by atoms with Crippen LogP contribution in [-0.2, 0) is 19.1 Å². The minimum Gasteiger partial charge on any atom is -0.481 e. The van der Waals surface area contributed by atoms with Crippen LogP contribution in [0.3, 0.4) is 0 Å². The predicted molar refractivity (Wildman–Crippen MR) is 73.3 cm³/mol. The molecule has 0 radical (unpaired) electrons. The summed E-state index contributed by atoms with van der Waals surface area (Å²) in [6.07, 6.45) is 4.50. The summed E-state index contributed by atoms with van der Waals surface area (Å²) < 4.78 is 11.1. The summed E-state index contributed by atoms with van der Waals surface area (Å²) in [5.74, 6) is -2.71. The fourth-order valence-electron chi connectivity index (χ4n) is 3.71. The second-order valence-electron chi connectivity index (χ2n) is 6.53. The molecule has 2 fully saturated rings. The molecule has 1 saturated carbocycles. The first-order chi connectivity index (χ1) is 9.87.